The van der Waals surface area contributed by atoms with Gasteiger partial charge in [0.2, 0.25) is 0 Å². The molecule has 204 valence electrons. The van der Waals surface area contributed by atoms with Gasteiger partial charge in [-0.2, -0.15) is 0 Å². The van der Waals surface area contributed by atoms with Crippen LogP contribution >= 0.6 is 0 Å². The fourth-order valence-electron chi connectivity index (χ4n) is 5.23. The van der Waals surface area contributed by atoms with Crippen LogP contribution in [0.25, 0.3) is 0 Å². The first kappa shape index (κ1) is 33.4. The monoisotopic (exact) mass is 483 g/mol. The molecule has 1 unspecified atom stereocenters. The highest BCUT2D eigenvalue weighted by Gasteiger charge is 2.32. The van der Waals surface area contributed by atoms with Gasteiger partial charge in [-0.3, -0.25) is 0 Å². The van der Waals surface area contributed by atoms with Gasteiger partial charge in [0.05, 0.1) is 20.6 Å². The zero-order valence-electron chi connectivity index (χ0n) is 23.7. The molecule has 0 heterocycles. The van der Waals surface area contributed by atoms with E-state index >= 15 is 0 Å². The summed E-state index contributed by atoms with van der Waals surface area (Å²) < 4.78 is 0.800. The molecule has 0 aliphatic heterocycles. The van der Waals surface area contributed by atoms with Crippen LogP contribution in [0.4, 0.5) is 0 Å². The minimum Gasteiger partial charge on any atom is -0.550 e. The summed E-state index contributed by atoms with van der Waals surface area (Å²) in [6, 6.07) is 0. The number of rotatable bonds is 26. The zero-order chi connectivity index (χ0) is 25.5. The molecule has 0 spiro atoms. The van der Waals surface area contributed by atoms with Crippen LogP contribution in [0, 0.1) is 0 Å². The molecule has 0 aliphatic rings. The molecule has 0 radical (unpaired) electrons. The summed E-state index contributed by atoms with van der Waals surface area (Å²) in [6.07, 6.45) is 26.4. The van der Waals surface area contributed by atoms with E-state index in [0.29, 0.717) is 6.42 Å². The average molecular weight is 484 g/mol. The molecule has 0 aromatic carbocycles. The minimum atomic E-state index is -0.951. The standard InChI is InChI=1S/C30H61NO3/c1-5-7-8-9-10-11-12-13-14-15-16-17-18-19-20-23-26-30(34,6-2)28-31(3,4)27-24-21-22-25-29(32)33/h34H,5-28H2,1-4H3. The van der Waals surface area contributed by atoms with Gasteiger partial charge in [0, 0.05) is 5.97 Å². The Balaban J connectivity index is 3.68. The van der Waals surface area contributed by atoms with Crippen LogP contribution in [0.2, 0.25) is 0 Å². The molecule has 0 aromatic rings. The van der Waals surface area contributed by atoms with Crippen LogP contribution in [0.5, 0.6) is 0 Å². The van der Waals surface area contributed by atoms with E-state index < -0.39 is 11.6 Å². The largest absolute Gasteiger partial charge is 0.550 e. The number of nitrogens with zero attached hydrogens (tertiary/aromatic N) is 1. The van der Waals surface area contributed by atoms with Crippen molar-refractivity contribution in [2.24, 2.45) is 0 Å². The third-order valence-corrected chi connectivity index (χ3v) is 7.52. The Morgan fingerprint density at radius 2 is 1.09 bits per heavy atom. The lowest BCUT2D eigenvalue weighted by Crippen LogP contribution is -2.52. The molecule has 34 heavy (non-hydrogen) atoms. The molecule has 1 N–H and O–H groups in total. The van der Waals surface area contributed by atoms with Crippen molar-refractivity contribution < 1.29 is 19.5 Å². The molecule has 0 amide bonds. The molecule has 0 aromatic heterocycles. The van der Waals surface area contributed by atoms with Gasteiger partial charge in [-0.25, -0.2) is 0 Å². The first-order chi connectivity index (χ1) is 16.2. The molecule has 1 atom stereocenters. The number of carbonyl (C=O) groups is 1. The third kappa shape index (κ3) is 21.9. The van der Waals surface area contributed by atoms with Crippen molar-refractivity contribution in [3.63, 3.8) is 0 Å². The van der Waals surface area contributed by atoms with Crippen LogP contribution in [-0.2, 0) is 4.79 Å². The van der Waals surface area contributed by atoms with Gasteiger partial charge in [0.15, 0.2) is 0 Å². The number of aliphatic carboxylic acids is 1. The SMILES string of the molecule is CCCCCCCCCCCCCCCCCCC(O)(CC)C[N+](C)(C)CCCCCC(=O)[O-]. The normalized spacial score (nSPS) is 13.8. The molecular weight excluding hydrogens is 422 g/mol. The van der Waals surface area contributed by atoms with Crippen LogP contribution in [0.1, 0.15) is 155 Å². The Labute approximate surface area is 213 Å². The molecule has 0 fully saturated rings. The number of hydrogen-bond donors (Lipinski definition) is 1. The van der Waals surface area contributed by atoms with Gasteiger partial charge < -0.3 is 19.5 Å². The number of carbonyl (C=O) groups excluding carboxylic acids is 1. The van der Waals surface area contributed by atoms with Crippen LogP contribution in [0.3, 0.4) is 0 Å². The summed E-state index contributed by atoms with van der Waals surface area (Å²) in [4.78, 5) is 10.5. The summed E-state index contributed by atoms with van der Waals surface area (Å²) in [5.41, 5.74) is -0.579. The van der Waals surface area contributed by atoms with Crippen molar-refractivity contribution in [2.45, 2.75) is 161 Å². The average Bonchev–Trinajstić information content (AvgIpc) is 2.78. The Morgan fingerprint density at radius 1 is 0.676 bits per heavy atom. The number of carboxylic acids is 1. The summed E-state index contributed by atoms with van der Waals surface area (Å²) >= 11 is 0. The lowest BCUT2D eigenvalue weighted by atomic mass is 9.91. The van der Waals surface area contributed by atoms with E-state index in [-0.39, 0.29) is 6.42 Å². The Bertz CT molecular complexity index is 466. The van der Waals surface area contributed by atoms with E-state index in [1.807, 2.05) is 0 Å². The van der Waals surface area contributed by atoms with Crippen molar-refractivity contribution in [1.82, 2.24) is 0 Å². The van der Waals surface area contributed by atoms with E-state index in [1.54, 1.807) is 0 Å². The van der Waals surface area contributed by atoms with Gasteiger partial charge >= 0.3 is 0 Å². The summed E-state index contributed by atoms with van der Waals surface area (Å²) in [5.74, 6) is -0.951. The van der Waals surface area contributed by atoms with Crippen molar-refractivity contribution in [3.05, 3.63) is 0 Å². The lowest BCUT2D eigenvalue weighted by molar-refractivity contribution is -0.897. The van der Waals surface area contributed by atoms with E-state index in [1.165, 1.54) is 96.3 Å². The van der Waals surface area contributed by atoms with E-state index in [0.717, 1.165) is 49.7 Å². The summed E-state index contributed by atoms with van der Waals surface area (Å²) in [6.45, 7) is 6.15. The van der Waals surface area contributed by atoms with Crippen LogP contribution < -0.4 is 5.11 Å². The van der Waals surface area contributed by atoms with Crippen molar-refractivity contribution in [3.8, 4) is 0 Å². The first-order valence-electron chi connectivity index (χ1n) is 15.0. The van der Waals surface area contributed by atoms with Crippen molar-refractivity contribution >= 4 is 5.97 Å². The number of likely N-dealkylation sites (N-methyl/N-ethyl adjacent to an activating group) is 1. The van der Waals surface area contributed by atoms with E-state index in [4.69, 9.17) is 0 Å². The minimum absolute atomic E-state index is 0.158. The molecule has 0 saturated carbocycles. The van der Waals surface area contributed by atoms with Crippen molar-refractivity contribution in [2.75, 3.05) is 27.2 Å². The smallest absolute Gasteiger partial charge is 0.113 e. The number of carboxylic acid groups (broad SMARTS) is 1. The Kier molecular flexibility index (Phi) is 21.3. The lowest BCUT2D eigenvalue weighted by Gasteiger charge is -2.38. The summed E-state index contributed by atoms with van der Waals surface area (Å²) in [5, 5.41) is 21.7. The molecule has 0 rings (SSSR count). The maximum atomic E-state index is 11.1. The van der Waals surface area contributed by atoms with Crippen LogP contribution in [0.15, 0.2) is 0 Å². The number of unbranched alkanes of at least 4 members (excludes halogenated alkanes) is 17. The van der Waals surface area contributed by atoms with Gasteiger partial charge in [-0.1, -0.05) is 117 Å². The quantitative estimate of drug-likeness (QED) is 0.105. The number of quaternary nitrogens is 1. The number of aliphatic hydroxyl groups is 1. The maximum Gasteiger partial charge on any atom is 0.113 e. The molecule has 0 bridgehead atoms. The van der Waals surface area contributed by atoms with Crippen LogP contribution in [-0.4, -0.2) is 48.3 Å². The fourth-order valence-corrected chi connectivity index (χ4v) is 5.23. The predicted octanol–water partition coefficient (Wildman–Crippen LogP) is 7.17. The predicted molar refractivity (Wildman–Crippen MR) is 145 cm³/mol. The highest BCUT2D eigenvalue weighted by atomic mass is 16.4. The molecular formula is C30H61NO3. The van der Waals surface area contributed by atoms with Gasteiger partial charge in [0.1, 0.15) is 12.1 Å². The topological polar surface area (TPSA) is 60.4 Å². The third-order valence-electron chi connectivity index (χ3n) is 7.52. The maximum absolute atomic E-state index is 11.1. The Hall–Kier alpha value is -0.610. The molecule has 4 nitrogen and oxygen atoms in total. The van der Waals surface area contributed by atoms with Gasteiger partial charge in [0.25, 0.3) is 0 Å². The second kappa shape index (κ2) is 21.7. The molecule has 4 heteroatoms. The van der Waals surface area contributed by atoms with Gasteiger partial charge in [-0.15, -0.1) is 0 Å². The van der Waals surface area contributed by atoms with Gasteiger partial charge in [-0.05, 0) is 38.5 Å². The highest BCUT2D eigenvalue weighted by Crippen LogP contribution is 2.24. The van der Waals surface area contributed by atoms with E-state index in [2.05, 4.69) is 27.9 Å². The van der Waals surface area contributed by atoms with Crippen molar-refractivity contribution in [1.29, 1.82) is 0 Å². The summed E-state index contributed by atoms with van der Waals surface area (Å²) in [7, 11) is 4.37. The van der Waals surface area contributed by atoms with E-state index in [9.17, 15) is 15.0 Å². The second-order valence-electron chi connectivity index (χ2n) is 11.6. The number of hydrogen-bond acceptors (Lipinski definition) is 3. The Morgan fingerprint density at radius 3 is 1.50 bits per heavy atom. The zero-order valence-corrected chi connectivity index (χ0v) is 23.7. The second-order valence-corrected chi connectivity index (χ2v) is 11.6. The molecule has 0 aliphatic carbocycles. The molecule has 0 saturated heterocycles. The fraction of sp³-hybridized carbons (Fsp3) is 0.967. The highest BCUT2D eigenvalue weighted by molar-refractivity contribution is 5.64. The first-order valence-corrected chi connectivity index (χ1v) is 15.0.